The van der Waals surface area contributed by atoms with Gasteiger partial charge in [-0.2, -0.15) is 0 Å². The maximum Gasteiger partial charge on any atom is 0.0294 e. The number of hydrogen-bond acceptors (Lipinski definition) is 2. The Bertz CT molecular complexity index is 160. The van der Waals surface area contributed by atoms with Gasteiger partial charge in [-0.3, -0.25) is 4.90 Å². The van der Waals surface area contributed by atoms with Gasteiger partial charge in [-0.05, 0) is 12.3 Å². The zero-order valence-corrected chi connectivity index (χ0v) is 9.18. The van der Waals surface area contributed by atoms with E-state index in [1.807, 2.05) is 0 Å². The van der Waals surface area contributed by atoms with Gasteiger partial charge in [-0.1, -0.05) is 29.4 Å². The molecule has 0 aliphatic carbocycles. The molecule has 2 N–H and O–H groups in total. The average Bonchev–Trinajstić information content (AvgIpc) is 1.81. The third-order valence-corrected chi connectivity index (χ3v) is 2.41. The van der Waals surface area contributed by atoms with Gasteiger partial charge in [-0.15, -0.1) is 0 Å². The summed E-state index contributed by atoms with van der Waals surface area (Å²) in [6.45, 7) is 9.18. The lowest BCUT2D eigenvalue weighted by molar-refractivity contribution is 0.180. The molecule has 2 unspecified atom stereocenters. The van der Waals surface area contributed by atoms with E-state index >= 15 is 0 Å². The Balaban J connectivity index is 2.38. The molecule has 0 aromatic carbocycles. The summed E-state index contributed by atoms with van der Waals surface area (Å²) in [6, 6.07) is 0.348. The molecule has 1 aliphatic rings. The third-order valence-electron chi connectivity index (χ3n) is 2.16. The van der Waals surface area contributed by atoms with Crippen LogP contribution in [-0.2, 0) is 0 Å². The Labute approximate surface area is 82.9 Å². The van der Waals surface area contributed by atoms with Crippen molar-refractivity contribution in [2.45, 2.75) is 19.4 Å². The van der Waals surface area contributed by atoms with E-state index in [-0.39, 0.29) is 0 Å². The third kappa shape index (κ3) is 3.25. The van der Waals surface area contributed by atoms with Gasteiger partial charge in [0.2, 0.25) is 0 Å². The molecular weight excluding hydrogens is 216 g/mol. The van der Waals surface area contributed by atoms with E-state index in [4.69, 9.17) is 5.73 Å². The predicted molar refractivity (Wildman–Crippen MR) is 56.3 cm³/mol. The highest BCUT2D eigenvalue weighted by Crippen LogP contribution is 2.16. The molecule has 0 spiro atoms. The van der Waals surface area contributed by atoms with Gasteiger partial charge in [0.05, 0.1) is 0 Å². The minimum Gasteiger partial charge on any atom is -0.327 e. The molecule has 70 valence electrons. The van der Waals surface area contributed by atoms with Crippen LogP contribution in [0.25, 0.3) is 0 Å². The minimum absolute atomic E-state index is 0.348. The summed E-state index contributed by atoms with van der Waals surface area (Å²) in [5.74, 6) is 0.723. The zero-order valence-electron chi connectivity index (χ0n) is 7.59. The lowest BCUT2D eigenvalue weighted by Gasteiger charge is -2.34. The highest BCUT2D eigenvalue weighted by molar-refractivity contribution is 9.11. The van der Waals surface area contributed by atoms with Gasteiger partial charge in [0.25, 0.3) is 0 Å². The number of likely N-dealkylation sites (tertiary alicyclic amines) is 1. The molecule has 1 heterocycles. The molecular formula is C9H17BrN2. The normalized spacial score (nSPS) is 31.9. The summed E-state index contributed by atoms with van der Waals surface area (Å²) in [5.41, 5.74) is 5.90. The van der Waals surface area contributed by atoms with Crippen molar-refractivity contribution in [1.82, 2.24) is 4.90 Å². The van der Waals surface area contributed by atoms with Gasteiger partial charge in [0.1, 0.15) is 0 Å². The maximum absolute atomic E-state index is 5.90. The van der Waals surface area contributed by atoms with Crippen LogP contribution in [-0.4, -0.2) is 30.6 Å². The molecule has 12 heavy (non-hydrogen) atoms. The Kier molecular flexibility index (Phi) is 3.75. The first kappa shape index (κ1) is 10.2. The monoisotopic (exact) mass is 232 g/mol. The Hall–Kier alpha value is 0.140. The molecule has 0 saturated carbocycles. The molecule has 0 aromatic rings. The van der Waals surface area contributed by atoms with Crippen molar-refractivity contribution in [2.75, 3.05) is 19.6 Å². The Morgan fingerprint density at radius 1 is 1.67 bits per heavy atom. The lowest BCUT2D eigenvalue weighted by atomic mass is 9.97. The standard InChI is InChI=1S/C9H17BrN2/c1-7-3-9(11)6-12(4-7)5-8(2)10/h7,9H,2-6,11H2,1H3. The molecule has 0 amide bonds. The molecule has 1 aliphatic heterocycles. The van der Waals surface area contributed by atoms with Gasteiger partial charge in [0, 0.05) is 30.2 Å². The summed E-state index contributed by atoms with van der Waals surface area (Å²) in [5, 5.41) is 0. The van der Waals surface area contributed by atoms with E-state index in [0.29, 0.717) is 6.04 Å². The van der Waals surface area contributed by atoms with Crippen molar-refractivity contribution >= 4 is 15.9 Å². The van der Waals surface area contributed by atoms with E-state index in [0.717, 1.165) is 36.5 Å². The summed E-state index contributed by atoms with van der Waals surface area (Å²) >= 11 is 3.37. The number of piperidine rings is 1. The molecule has 2 atom stereocenters. The summed E-state index contributed by atoms with van der Waals surface area (Å²) in [7, 11) is 0. The fourth-order valence-corrected chi connectivity index (χ4v) is 2.24. The van der Waals surface area contributed by atoms with E-state index < -0.39 is 0 Å². The van der Waals surface area contributed by atoms with Gasteiger partial charge in [-0.25, -0.2) is 0 Å². The Morgan fingerprint density at radius 2 is 2.33 bits per heavy atom. The fourth-order valence-electron chi connectivity index (χ4n) is 1.88. The number of halogens is 1. The fraction of sp³-hybridized carbons (Fsp3) is 0.778. The highest BCUT2D eigenvalue weighted by atomic mass is 79.9. The van der Waals surface area contributed by atoms with Crippen molar-refractivity contribution in [3.05, 3.63) is 11.1 Å². The number of rotatable bonds is 2. The lowest BCUT2D eigenvalue weighted by Crippen LogP contribution is -2.46. The second-order valence-corrected chi connectivity index (χ2v) is 4.93. The van der Waals surface area contributed by atoms with Crippen LogP contribution in [0.1, 0.15) is 13.3 Å². The molecule has 1 fully saturated rings. The first-order valence-electron chi connectivity index (χ1n) is 4.39. The topological polar surface area (TPSA) is 29.3 Å². The first-order chi connectivity index (χ1) is 5.58. The van der Waals surface area contributed by atoms with Crippen LogP contribution in [0.2, 0.25) is 0 Å². The molecule has 1 rings (SSSR count). The van der Waals surface area contributed by atoms with Crippen molar-refractivity contribution in [2.24, 2.45) is 11.7 Å². The largest absolute Gasteiger partial charge is 0.327 e. The minimum atomic E-state index is 0.348. The second-order valence-electron chi connectivity index (χ2n) is 3.81. The van der Waals surface area contributed by atoms with Crippen LogP contribution in [0.3, 0.4) is 0 Å². The van der Waals surface area contributed by atoms with Crippen LogP contribution in [0.5, 0.6) is 0 Å². The van der Waals surface area contributed by atoms with E-state index in [9.17, 15) is 0 Å². The SMILES string of the molecule is C=C(Br)CN1CC(C)CC(N)C1. The predicted octanol–water partition coefficient (Wildman–Crippen LogP) is 1.56. The van der Waals surface area contributed by atoms with E-state index in [1.54, 1.807) is 0 Å². The summed E-state index contributed by atoms with van der Waals surface area (Å²) in [4.78, 5) is 2.36. The van der Waals surface area contributed by atoms with Crippen LogP contribution in [0.4, 0.5) is 0 Å². The van der Waals surface area contributed by atoms with Crippen LogP contribution in [0, 0.1) is 5.92 Å². The van der Waals surface area contributed by atoms with E-state index in [1.165, 1.54) is 0 Å². The average molecular weight is 233 g/mol. The quantitative estimate of drug-likeness (QED) is 0.784. The number of nitrogens with zero attached hydrogens (tertiary/aromatic N) is 1. The number of hydrogen-bond donors (Lipinski definition) is 1. The van der Waals surface area contributed by atoms with Crippen LogP contribution < -0.4 is 5.73 Å². The van der Waals surface area contributed by atoms with Crippen molar-refractivity contribution < 1.29 is 0 Å². The van der Waals surface area contributed by atoms with Crippen molar-refractivity contribution in [3.8, 4) is 0 Å². The molecule has 1 saturated heterocycles. The first-order valence-corrected chi connectivity index (χ1v) is 5.18. The van der Waals surface area contributed by atoms with Gasteiger partial charge in [0.15, 0.2) is 0 Å². The van der Waals surface area contributed by atoms with Gasteiger partial charge >= 0.3 is 0 Å². The number of nitrogens with two attached hydrogens (primary N) is 1. The molecule has 0 radical (unpaired) electrons. The molecule has 0 bridgehead atoms. The smallest absolute Gasteiger partial charge is 0.0294 e. The van der Waals surface area contributed by atoms with Crippen LogP contribution in [0.15, 0.2) is 11.1 Å². The molecule has 0 aromatic heterocycles. The molecule has 2 nitrogen and oxygen atoms in total. The zero-order chi connectivity index (χ0) is 9.14. The van der Waals surface area contributed by atoms with Crippen LogP contribution >= 0.6 is 15.9 Å². The summed E-state index contributed by atoms with van der Waals surface area (Å²) < 4.78 is 1.05. The van der Waals surface area contributed by atoms with Crippen molar-refractivity contribution in [1.29, 1.82) is 0 Å². The van der Waals surface area contributed by atoms with E-state index in [2.05, 4.69) is 34.3 Å². The van der Waals surface area contributed by atoms with Gasteiger partial charge < -0.3 is 5.73 Å². The Morgan fingerprint density at radius 3 is 2.83 bits per heavy atom. The maximum atomic E-state index is 5.90. The highest BCUT2D eigenvalue weighted by Gasteiger charge is 2.21. The van der Waals surface area contributed by atoms with Crippen molar-refractivity contribution in [3.63, 3.8) is 0 Å². The second kappa shape index (κ2) is 4.40. The summed E-state index contributed by atoms with van der Waals surface area (Å²) in [6.07, 6.45) is 1.16. The molecule has 3 heteroatoms.